The van der Waals surface area contributed by atoms with Gasteiger partial charge in [0.25, 0.3) is 0 Å². The van der Waals surface area contributed by atoms with Crippen molar-refractivity contribution in [3.63, 3.8) is 0 Å². The first-order valence-electron chi connectivity index (χ1n) is 5.47. The Morgan fingerprint density at radius 3 is 2.67 bits per heavy atom. The van der Waals surface area contributed by atoms with Crippen molar-refractivity contribution in [3.8, 4) is 5.75 Å². The molecule has 1 aromatic carbocycles. The Kier molecular flexibility index (Phi) is 4.00. The van der Waals surface area contributed by atoms with Crippen molar-refractivity contribution in [3.05, 3.63) is 30.3 Å². The highest BCUT2D eigenvalue weighted by Crippen LogP contribution is 2.27. The third-order valence-corrected chi connectivity index (χ3v) is 2.37. The van der Waals surface area contributed by atoms with Crippen LogP contribution in [0.15, 0.2) is 30.3 Å². The molecule has 0 unspecified atom stereocenters. The Labute approximate surface area is 90.3 Å². The van der Waals surface area contributed by atoms with Crippen molar-refractivity contribution in [2.45, 2.75) is 12.8 Å². The van der Waals surface area contributed by atoms with E-state index >= 15 is 0 Å². The number of hydroxylamine groups is 1. The van der Waals surface area contributed by atoms with Gasteiger partial charge >= 0.3 is 0 Å². The predicted molar refractivity (Wildman–Crippen MR) is 58.6 cm³/mol. The molecule has 0 atom stereocenters. The molecule has 0 bridgehead atoms. The summed E-state index contributed by atoms with van der Waals surface area (Å²) in [6.07, 6.45) is 2.69. The van der Waals surface area contributed by atoms with Crippen LogP contribution in [0.4, 0.5) is 0 Å². The van der Waals surface area contributed by atoms with Gasteiger partial charge in [-0.2, -0.15) is 0 Å². The fourth-order valence-corrected chi connectivity index (χ4v) is 1.29. The lowest BCUT2D eigenvalue weighted by atomic mass is 10.3. The summed E-state index contributed by atoms with van der Waals surface area (Å²) in [7, 11) is 0. The molecule has 1 fully saturated rings. The third-order valence-electron chi connectivity index (χ3n) is 2.37. The zero-order valence-electron chi connectivity index (χ0n) is 8.82. The van der Waals surface area contributed by atoms with Crippen molar-refractivity contribution in [1.82, 2.24) is 5.48 Å². The van der Waals surface area contributed by atoms with E-state index in [1.54, 1.807) is 0 Å². The van der Waals surface area contributed by atoms with Gasteiger partial charge in [-0.1, -0.05) is 18.2 Å². The minimum Gasteiger partial charge on any atom is -0.491 e. The Bertz CT molecular complexity index is 272. The molecule has 15 heavy (non-hydrogen) atoms. The number of nitrogens with one attached hydrogen (secondary N) is 1. The molecule has 0 radical (unpaired) electrons. The number of rotatable bonds is 7. The van der Waals surface area contributed by atoms with Crippen LogP contribution in [0.3, 0.4) is 0 Å². The van der Waals surface area contributed by atoms with Gasteiger partial charge in [0.15, 0.2) is 0 Å². The third kappa shape index (κ3) is 4.32. The fraction of sp³-hybridized carbons (Fsp3) is 0.500. The van der Waals surface area contributed by atoms with Crippen LogP contribution in [0.25, 0.3) is 0 Å². The minimum atomic E-state index is 0.585. The van der Waals surface area contributed by atoms with Gasteiger partial charge in [-0.15, -0.1) is 0 Å². The van der Waals surface area contributed by atoms with Gasteiger partial charge in [0, 0.05) is 6.54 Å². The quantitative estimate of drug-likeness (QED) is 0.548. The van der Waals surface area contributed by atoms with Crippen LogP contribution in [0.5, 0.6) is 5.75 Å². The zero-order chi connectivity index (χ0) is 10.3. The highest BCUT2D eigenvalue weighted by Gasteiger charge is 2.20. The molecule has 1 N–H and O–H groups in total. The van der Waals surface area contributed by atoms with Crippen LogP contribution in [0.1, 0.15) is 12.8 Å². The molecule has 0 heterocycles. The molecule has 1 aromatic rings. The van der Waals surface area contributed by atoms with E-state index in [0.29, 0.717) is 13.2 Å². The molecule has 0 amide bonds. The standard InChI is InChI=1S/C12H17NO2/c1-2-4-12(5-3-1)14-8-9-15-13-10-11-6-7-11/h1-5,11,13H,6-10H2. The number of ether oxygens (including phenoxy) is 1. The van der Waals surface area contributed by atoms with Crippen LogP contribution >= 0.6 is 0 Å². The van der Waals surface area contributed by atoms with Crippen molar-refractivity contribution in [2.75, 3.05) is 19.8 Å². The average Bonchev–Trinajstić information content (AvgIpc) is 3.09. The van der Waals surface area contributed by atoms with E-state index in [-0.39, 0.29) is 0 Å². The van der Waals surface area contributed by atoms with Crippen molar-refractivity contribution in [2.24, 2.45) is 5.92 Å². The highest BCUT2D eigenvalue weighted by atomic mass is 16.7. The minimum absolute atomic E-state index is 0.585. The number of hydrogen-bond acceptors (Lipinski definition) is 3. The zero-order valence-corrected chi connectivity index (χ0v) is 8.82. The largest absolute Gasteiger partial charge is 0.491 e. The maximum atomic E-state index is 5.46. The maximum Gasteiger partial charge on any atom is 0.119 e. The smallest absolute Gasteiger partial charge is 0.119 e. The molecule has 0 aliphatic heterocycles. The summed E-state index contributed by atoms with van der Waals surface area (Å²) in [6, 6.07) is 9.78. The molecule has 3 heteroatoms. The van der Waals surface area contributed by atoms with Crippen LogP contribution in [0, 0.1) is 5.92 Å². The van der Waals surface area contributed by atoms with E-state index in [4.69, 9.17) is 9.57 Å². The number of hydrogen-bond donors (Lipinski definition) is 1. The molecule has 0 aromatic heterocycles. The Hall–Kier alpha value is -1.06. The van der Waals surface area contributed by atoms with Gasteiger partial charge in [0.05, 0.1) is 0 Å². The van der Waals surface area contributed by atoms with Gasteiger partial charge in [0.1, 0.15) is 19.0 Å². The lowest BCUT2D eigenvalue weighted by Gasteiger charge is -2.07. The van der Waals surface area contributed by atoms with E-state index in [9.17, 15) is 0 Å². The second kappa shape index (κ2) is 5.73. The molecule has 0 spiro atoms. The molecule has 0 saturated heterocycles. The molecule has 82 valence electrons. The second-order valence-electron chi connectivity index (χ2n) is 3.80. The first-order valence-corrected chi connectivity index (χ1v) is 5.47. The summed E-state index contributed by atoms with van der Waals surface area (Å²) in [5.74, 6) is 1.74. The van der Waals surface area contributed by atoms with E-state index < -0.39 is 0 Å². The highest BCUT2D eigenvalue weighted by molar-refractivity contribution is 5.20. The van der Waals surface area contributed by atoms with Crippen LogP contribution < -0.4 is 10.2 Å². The van der Waals surface area contributed by atoms with Gasteiger partial charge in [-0.3, -0.25) is 4.84 Å². The topological polar surface area (TPSA) is 30.5 Å². The number of benzene rings is 1. The average molecular weight is 207 g/mol. The first kappa shape index (κ1) is 10.5. The molecule has 3 nitrogen and oxygen atoms in total. The second-order valence-corrected chi connectivity index (χ2v) is 3.80. The van der Waals surface area contributed by atoms with Crippen LogP contribution in [-0.2, 0) is 4.84 Å². The molecule has 1 saturated carbocycles. The Balaban J connectivity index is 1.47. The molecule has 1 aliphatic carbocycles. The summed E-state index contributed by atoms with van der Waals surface area (Å²) in [4.78, 5) is 5.23. The normalized spacial score (nSPS) is 15.2. The van der Waals surface area contributed by atoms with E-state index in [1.807, 2.05) is 30.3 Å². The molecular weight excluding hydrogens is 190 g/mol. The first-order chi connectivity index (χ1) is 7.45. The van der Waals surface area contributed by atoms with E-state index in [2.05, 4.69) is 5.48 Å². The summed E-state index contributed by atoms with van der Waals surface area (Å²) >= 11 is 0. The van der Waals surface area contributed by atoms with Crippen LogP contribution in [-0.4, -0.2) is 19.8 Å². The molecular formula is C12H17NO2. The van der Waals surface area contributed by atoms with Crippen LogP contribution in [0.2, 0.25) is 0 Å². The fourth-order valence-electron chi connectivity index (χ4n) is 1.29. The van der Waals surface area contributed by atoms with Gasteiger partial charge in [-0.25, -0.2) is 5.48 Å². The summed E-state index contributed by atoms with van der Waals surface area (Å²) in [5.41, 5.74) is 2.95. The van der Waals surface area contributed by atoms with Gasteiger partial charge in [-0.05, 0) is 30.9 Å². The Morgan fingerprint density at radius 2 is 1.93 bits per heavy atom. The lowest BCUT2D eigenvalue weighted by Crippen LogP contribution is -2.20. The predicted octanol–water partition coefficient (Wildman–Crippen LogP) is 2.00. The SMILES string of the molecule is c1ccc(OCCONCC2CC2)cc1. The van der Waals surface area contributed by atoms with Gasteiger partial charge < -0.3 is 4.74 Å². The summed E-state index contributed by atoms with van der Waals surface area (Å²) < 4.78 is 5.46. The molecule has 1 aliphatic rings. The van der Waals surface area contributed by atoms with Gasteiger partial charge in [0.2, 0.25) is 0 Å². The van der Waals surface area contributed by atoms with Crippen molar-refractivity contribution < 1.29 is 9.57 Å². The van der Waals surface area contributed by atoms with E-state index in [0.717, 1.165) is 18.2 Å². The molecule has 2 rings (SSSR count). The van der Waals surface area contributed by atoms with E-state index in [1.165, 1.54) is 12.8 Å². The Morgan fingerprint density at radius 1 is 1.13 bits per heavy atom. The summed E-state index contributed by atoms with van der Waals surface area (Å²) in [5, 5.41) is 0. The monoisotopic (exact) mass is 207 g/mol. The van der Waals surface area contributed by atoms with Crippen molar-refractivity contribution in [1.29, 1.82) is 0 Å². The maximum absolute atomic E-state index is 5.46. The number of para-hydroxylation sites is 1. The lowest BCUT2D eigenvalue weighted by molar-refractivity contribution is 0.0203. The summed E-state index contributed by atoms with van der Waals surface area (Å²) in [6.45, 7) is 2.15. The van der Waals surface area contributed by atoms with Crippen molar-refractivity contribution >= 4 is 0 Å².